The Bertz CT molecular complexity index is 95.1. The Morgan fingerprint density at radius 1 is 1.25 bits per heavy atom. The van der Waals surface area contributed by atoms with Gasteiger partial charge in [-0.1, -0.05) is 0 Å². The Hall–Kier alpha value is 0.299. The molecule has 0 heterocycles. The van der Waals surface area contributed by atoms with Gasteiger partial charge in [0.1, 0.15) is 0 Å². The van der Waals surface area contributed by atoms with Gasteiger partial charge in [-0.05, 0) is 0 Å². The monoisotopic (exact) mass is 193 g/mol. The van der Waals surface area contributed by atoms with E-state index in [-0.39, 0.29) is 6.17 Å². The van der Waals surface area contributed by atoms with E-state index in [1.165, 1.54) is 0 Å². The Morgan fingerprint density at radius 3 is 1.88 bits per heavy atom. The predicted molar refractivity (Wildman–Crippen MR) is 42.8 cm³/mol. The molecule has 0 rings (SSSR count). The molecule has 0 spiro atoms. The van der Waals surface area contributed by atoms with Gasteiger partial charge in [0.15, 0.2) is 0 Å². The second kappa shape index (κ2) is 5.44. The van der Waals surface area contributed by atoms with Crippen molar-refractivity contribution in [1.29, 1.82) is 0 Å². The fraction of sp³-hybridized carbons (Fsp3) is 0.333. The van der Waals surface area contributed by atoms with Crippen molar-refractivity contribution in [2.24, 2.45) is 0 Å². The van der Waals surface area contributed by atoms with E-state index in [1.807, 2.05) is 12.2 Å². The van der Waals surface area contributed by atoms with Crippen LogP contribution in [0.1, 0.15) is 0 Å². The number of allylic oxidation sites excluding steroid dienone is 2. The first-order valence-corrected chi connectivity index (χ1v) is 6.38. The zero-order valence-electron chi connectivity index (χ0n) is 4.84. The van der Waals surface area contributed by atoms with Crippen molar-refractivity contribution in [3.63, 3.8) is 0 Å². The van der Waals surface area contributed by atoms with Crippen LogP contribution in [0.3, 0.4) is 0 Å². The van der Waals surface area contributed by atoms with Gasteiger partial charge in [0.2, 0.25) is 0 Å². The second-order valence-corrected chi connectivity index (χ2v) is 6.37. The number of hydrogen-bond donors (Lipinski definition) is 0. The molecule has 0 bridgehead atoms. The first-order valence-electron chi connectivity index (χ1n) is 2.45. The minimum atomic E-state index is 0.0581. The minimum absolute atomic E-state index is 0.0581. The predicted octanol–water partition coefficient (Wildman–Crippen LogP) is 1.92. The molecular formula is C6H10PSe. The van der Waals surface area contributed by atoms with Gasteiger partial charge >= 0.3 is 58.9 Å². The van der Waals surface area contributed by atoms with Crippen LogP contribution in [0.25, 0.3) is 0 Å². The van der Waals surface area contributed by atoms with Gasteiger partial charge in [-0.2, -0.15) is 0 Å². The van der Waals surface area contributed by atoms with Crippen LogP contribution in [0.4, 0.5) is 0 Å². The maximum absolute atomic E-state index is 3.64. The zero-order valence-corrected chi connectivity index (χ0v) is 7.45. The SMILES string of the molecule is C=CC[P](=[Se])CC=C. The first-order chi connectivity index (χ1) is 3.81. The molecule has 0 saturated carbocycles. The van der Waals surface area contributed by atoms with Crippen LogP contribution in [-0.4, -0.2) is 27.4 Å². The van der Waals surface area contributed by atoms with Gasteiger partial charge < -0.3 is 0 Å². The van der Waals surface area contributed by atoms with Crippen molar-refractivity contribution in [3.05, 3.63) is 25.3 Å². The summed E-state index contributed by atoms with van der Waals surface area (Å²) in [5.41, 5.74) is 0. The third-order valence-corrected chi connectivity index (χ3v) is 3.87. The molecular weight excluding hydrogens is 182 g/mol. The summed E-state index contributed by atoms with van der Waals surface area (Å²) in [6, 6.07) is 0. The van der Waals surface area contributed by atoms with Crippen molar-refractivity contribution in [1.82, 2.24) is 0 Å². The molecule has 0 aliphatic heterocycles. The van der Waals surface area contributed by atoms with Gasteiger partial charge in [0, 0.05) is 0 Å². The van der Waals surface area contributed by atoms with E-state index >= 15 is 0 Å². The van der Waals surface area contributed by atoms with E-state index in [1.54, 1.807) is 0 Å². The Morgan fingerprint density at radius 2 is 1.62 bits per heavy atom. The third-order valence-electron chi connectivity index (χ3n) is 0.665. The average Bonchev–Trinajstić information content (AvgIpc) is 1.68. The van der Waals surface area contributed by atoms with Crippen LogP contribution in [0.15, 0.2) is 25.3 Å². The summed E-state index contributed by atoms with van der Waals surface area (Å²) in [4.78, 5) is 0. The van der Waals surface area contributed by atoms with Gasteiger partial charge in [-0.3, -0.25) is 0 Å². The summed E-state index contributed by atoms with van der Waals surface area (Å²) in [5, 5.41) is 0. The molecule has 0 aliphatic rings. The van der Waals surface area contributed by atoms with Crippen molar-refractivity contribution in [2.75, 3.05) is 12.3 Å². The van der Waals surface area contributed by atoms with E-state index in [9.17, 15) is 0 Å². The van der Waals surface area contributed by atoms with Crippen molar-refractivity contribution in [3.8, 4) is 0 Å². The molecule has 0 saturated heterocycles. The molecule has 0 aromatic carbocycles. The summed E-state index contributed by atoms with van der Waals surface area (Å²) in [6.07, 6.45) is 6.18. The zero-order chi connectivity index (χ0) is 6.41. The molecule has 0 aliphatic carbocycles. The Labute approximate surface area is 59.3 Å². The van der Waals surface area contributed by atoms with Crippen molar-refractivity contribution in [2.45, 2.75) is 0 Å². The molecule has 0 aromatic heterocycles. The molecule has 0 atom stereocenters. The topological polar surface area (TPSA) is 0 Å². The summed E-state index contributed by atoms with van der Waals surface area (Å²) in [6.45, 7) is 7.29. The fourth-order valence-corrected chi connectivity index (χ4v) is 2.41. The second-order valence-electron chi connectivity index (χ2n) is 1.42. The van der Waals surface area contributed by atoms with E-state index < -0.39 is 0 Å². The summed E-state index contributed by atoms with van der Waals surface area (Å²) in [5.74, 6) is 0. The van der Waals surface area contributed by atoms with Gasteiger partial charge in [-0.25, -0.2) is 0 Å². The first kappa shape index (κ1) is 8.30. The van der Waals surface area contributed by atoms with Crippen LogP contribution < -0.4 is 0 Å². The quantitative estimate of drug-likeness (QED) is 0.362. The molecule has 2 heteroatoms. The Balaban J connectivity index is 3.32. The van der Waals surface area contributed by atoms with Crippen LogP contribution in [-0.2, 0) is 0 Å². The number of hydrogen-bond acceptors (Lipinski definition) is 0. The van der Waals surface area contributed by atoms with E-state index in [2.05, 4.69) is 28.3 Å². The number of rotatable bonds is 4. The Kier molecular flexibility index (Phi) is 5.64. The standard InChI is InChI=1S/C6H10PSe/c1-3-5-7(8)6-4-2/h3-4H,1-2,5-6H2. The van der Waals surface area contributed by atoms with Crippen molar-refractivity contribution >= 4 is 21.3 Å². The molecule has 1 radical (unpaired) electrons. The van der Waals surface area contributed by atoms with Gasteiger partial charge in [0.25, 0.3) is 0 Å². The molecule has 0 nitrogen and oxygen atoms in total. The molecule has 0 N–H and O–H groups in total. The van der Waals surface area contributed by atoms with E-state index in [0.29, 0.717) is 0 Å². The van der Waals surface area contributed by atoms with Gasteiger partial charge in [0.05, 0.1) is 0 Å². The van der Waals surface area contributed by atoms with Gasteiger partial charge in [-0.15, -0.1) is 0 Å². The van der Waals surface area contributed by atoms with E-state index in [4.69, 9.17) is 0 Å². The molecule has 8 heavy (non-hydrogen) atoms. The normalized spacial score (nSPS) is 8.00. The molecule has 0 amide bonds. The third kappa shape index (κ3) is 4.46. The maximum atomic E-state index is 3.64. The summed E-state index contributed by atoms with van der Waals surface area (Å²) >= 11 is 3.10. The molecule has 0 unspecified atom stereocenters. The van der Waals surface area contributed by atoms with Crippen LogP contribution >= 0.6 is 6.17 Å². The summed E-state index contributed by atoms with van der Waals surface area (Å²) < 4.78 is 0. The van der Waals surface area contributed by atoms with Crippen LogP contribution in [0.5, 0.6) is 0 Å². The molecule has 0 fully saturated rings. The van der Waals surface area contributed by atoms with E-state index in [0.717, 1.165) is 12.3 Å². The molecule has 45 valence electrons. The molecule has 0 aromatic rings. The van der Waals surface area contributed by atoms with Crippen LogP contribution in [0, 0.1) is 0 Å². The van der Waals surface area contributed by atoms with Crippen LogP contribution in [0.2, 0.25) is 0 Å². The average molecular weight is 192 g/mol. The van der Waals surface area contributed by atoms with Crippen molar-refractivity contribution < 1.29 is 0 Å². The fourth-order valence-electron chi connectivity index (χ4n) is 0.363. The summed E-state index contributed by atoms with van der Waals surface area (Å²) in [7, 11) is 0.